The van der Waals surface area contributed by atoms with Crippen molar-refractivity contribution in [3.05, 3.63) is 34.3 Å². The number of hydrogen-bond donors (Lipinski definition) is 2. The van der Waals surface area contributed by atoms with Gasteiger partial charge in [0.15, 0.2) is 0 Å². The zero-order chi connectivity index (χ0) is 14.1. The van der Waals surface area contributed by atoms with Crippen LogP contribution in [0.3, 0.4) is 0 Å². The minimum absolute atomic E-state index is 0.0157. The SMILES string of the molecule is CC(C)(CNC(=O)C1(CO)CC1)c1cccc(Br)c1. The number of hydrogen-bond acceptors (Lipinski definition) is 2. The topological polar surface area (TPSA) is 49.3 Å². The Morgan fingerprint density at radius 2 is 2.16 bits per heavy atom. The summed E-state index contributed by atoms with van der Waals surface area (Å²) in [4.78, 5) is 12.0. The number of amides is 1. The van der Waals surface area contributed by atoms with Gasteiger partial charge in [-0.2, -0.15) is 0 Å². The molecule has 1 aromatic carbocycles. The zero-order valence-corrected chi connectivity index (χ0v) is 13.0. The van der Waals surface area contributed by atoms with E-state index in [1.165, 1.54) is 5.56 Å². The van der Waals surface area contributed by atoms with Gasteiger partial charge in [-0.15, -0.1) is 0 Å². The molecule has 1 fully saturated rings. The fourth-order valence-corrected chi connectivity index (χ4v) is 2.51. The zero-order valence-electron chi connectivity index (χ0n) is 11.4. The van der Waals surface area contributed by atoms with E-state index in [9.17, 15) is 9.90 Å². The van der Waals surface area contributed by atoms with Crippen LogP contribution < -0.4 is 5.32 Å². The molecule has 0 bridgehead atoms. The van der Waals surface area contributed by atoms with Crippen LogP contribution in [-0.2, 0) is 10.2 Å². The van der Waals surface area contributed by atoms with Crippen molar-refractivity contribution in [1.29, 1.82) is 0 Å². The summed E-state index contributed by atoms with van der Waals surface area (Å²) >= 11 is 3.47. The molecule has 1 aromatic rings. The van der Waals surface area contributed by atoms with Gasteiger partial charge in [-0.25, -0.2) is 0 Å². The van der Waals surface area contributed by atoms with E-state index in [0.29, 0.717) is 6.54 Å². The number of rotatable bonds is 5. The number of benzene rings is 1. The summed E-state index contributed by atoms with van der Waals surface area (Å²) in [5.74, 6) is -0.0157. The second-order valence-electron chi connectivity index (χ2n) is 6.02. The summed E-state index contributed by atoms with van der Waals surface area (Å²) in [5.41, 5.74) is 0.550. The van der Waals surface area contributed by atoms with E-state index in [2.05, 4.69) is 47.2 Å². The standard InChI is InChI=1S/C15H20BrNO2/c1-14(2,11-4-3-5-12(16)8-11)9-17-13(19)15(10-18)6-7-15/h3-5,8,18H,6-7,9-10H2,1-2H3,(H,17,19). The summed E-state index contributed by atoms with van der Waals surface area (Å²) in [6, 6.07) is 8.13. The molecule has 0 unspecified atom stereocenters. The first-order chi connectivity index (χ1) is 8.89. The van der Waals surface area contributed by atoms with Gasteiger partial charge in [0, 0.05) is 16.4 Å². The summed E-state index contributed by atoms with van der Waals surface area (Å²) in [6.45, 7) is 4.74. The summed E-state index contributed by atoms with van der Waals surface area (Å²) in [5, 5.41) is 12.2. The highest BCUT2D eigenvalue weighted by molar-refractivity contribution is 9.10. The summed E-state index contributed by atoms with van der Waals surface area (Å²) in [6.07, 6.45) is 1.60. The van der Waals surface area contributed by atoms with Crippen molar-refractivity contribution in [3.63, 3.8) is 0 Å². The lowest BCUT2D eigenvalue weighted by Crippen LogP contribution is -2.41. The number of carbonyl (C=O) groups excluding carboxylic acids is 1. The molecule has 3 nitrogen and oxygen atoms in total. The van der Waals surface area contributed by atoms with Crippen LogP contribution in [0.1, 0.15) is 32.3 Å². The van der Waals surface area contributed by atoms with Crippen LogP contribution in [0.2, 0.25) is 0 Å². The summed E-state index contributed by atoms with van der Waals surface area (Å²) < 4.78 is 1.04. The molecule has 104 valence electrons. The molecule has 0 spiro atoms. The van der Waals surface area contributed by atoms with E-state index in [1.54, 1.807) is 0 Å². The van der Waals surface area contributed by atoms with Gasteiger partial charge in [-0.1, -0.05) is 41.9 Å². The van der Waals surface area contributed by atoms with Crippen LogP contribution in [-0.4, -0.2) is 24.2 Å². The van der Waals surface area contributed by atoms with Gasteiger partial charge >= 0.3 is 0 Å². The molecule has 2 N–H and O–H groups in total. The van der Waals surface area contributed by atoms with Crippen LogP contribution in [0, 0.1) is 5.41 Å². The highest BCUT2D eigenvalue weighted by Crippen LogP contribution is 2.45. The van der Waals surface area contributed by atoms with Crippen LogP contribution in [0.4, 0.5) is 0 Å². The second kappa shape index (κ2) is 5.25. The molecule has 0 aliphatic heterocycles. The number of aliphatic hydroxyl groups is 1. The lowest BCUT2D eigenvalue weighted by atomic mass is 9.84. The molecule has 1 aliphatic rings. The molecule has 1 aliphatic carbocycles. The van der Waals surface area contributed by atoms with Gasteiger partial charge < -0.3 is 10.4 Å². The predicted molar refractivity (Wildman–Crippen MR) is 78.9 cm³/mol. The lowest BCUT2D eigenvalue weighted by Gasteiger charge is -2.27. The predicted octanol–water partition coefficient (Wildman–Crippen LogP) is 2.62. The van der Waals surface area contributed by atoms with Crippen LogP contribution >= 0.6 is 15.9 Å². The van der Waals surface area contributed by atoms with Crippen molar-refractivity contribution in [1.82, 2.24) is 5.32 Å². The first-order valence-corrected chi connectivity index (χ1v) is 7.34. The van der Waals surface area contributed by atoms with E-state index < -0.39 is 5.41 Å². The Bertz CT molecular complexity index is 481. The van der Waals surface area contributed by atoms with Crippen LogP contribution in [0.15, 0.2) is 28.7 Å². The highest BCUT2D eigenvalue weighted by atomic mass is 79.9. The largest absolute Gasteiger partial charge is 0.395 e. The molecular weight excluding hydrogens is 306 g/mol. The van der Waals surface area contributed by atoms with E-state index in [0.717, 1.165) is 17.3 Å². The van der Waals surface area contributed by atoms with Gasteiger partial charge in [-0.05, 0) is 30.5 Å². The maximum absolute atomic E-state index is 12.0. The molecular formula is C15H20BrNO2. The molecule has 2 rings (SSSR count). The molecule has 1 saturated carbocycles. The number of aliphatic hydroxyl groups excluding tert-OH is 1. The van der Waals surface area contributed by atoms with Crippen molar-refractivity contribution in [3.8, 4) is 0 Å². The first-order valence-electron chi connectivity index (χ1n) is 6.55. The van der Waals surface area contributed by atoms with Crippen LogP contribution in [0.5, 0.6) is 0 Å². The Morgan fingerprint density at radius 1 is 1.47 bits per heavy atom. The van der Waals surface area contributed by atoms with Crippen molar-refractivity contribution in [2.75, 3.05) is 13.2 Å². The third-order valence-corrected chi connectivity index (χ3v) is 4.43. The Kier molecular flexibility index (Phi) is 4.02. The highest BCUT2D eigenvalue weighted by Gasteiger charge is 2.49. The molecule has 4 heteroatoms. The van der Waals surface area contributed by atoms with Crippen molar-refractivity contribution in [2.45, 2.75) is 32.1 Å². The minimum Gasteiger partial charge on any atom is -0.395 e. The second-order valence-corrected chi connectivity index (χ2v) is 6.93. The third-order valence-electron chi connectivity index (χ3n) is 3.93. The average Bonchev–Trinajstić information content (AvgIpc) is 3.17. The van der Waals surface area contributed by atoms with Gasteiger partial charge in [-0.3, -0.25) is 4.79 Å². The molecule has 0 aromatic heterocycles. The molecule has 0 radical (unpaired) electrons. The molecule has 1 amide bonds. The molecule has 0 saturated heterocycles. The number of carbonyl (C=O) groups is 1. The molecule has 0 heterocycles. The minimum atomic E-state index is -0.493. The maximum atomic E-state index is 12.0. The normalized spacial score (nSPS) is 17.1. The van der Waals surface area contributed by atoms with Gasteiger partial charge in [0.2, 0.25) is 5.91 Å². The lowest BCUT2D eigenvalue weighted by molar-refractivity contribution is -0.127. The van der Waals surface area contributed by atoms with Crippen molar-refractivity contribution < 1.29 is 9.90 Å². The van der Waals surface area contributed by atoms with Gasteiger partial charge in [0.25, 0.3) is 0 Å². The quantitative estimate of drug-likeness (QED) is 0.874. The fourth-order valence-electron chi connectivity index (χ4n) is 2.11. The Labute approximate surface area is 122 Å². The van der Waals surface area contributed by atoms with E-state index in [1.807, 2.05) is 12.1 Å². The smallest absolute Gasteiger partial charge is 0.228 e. The monoisotopic (exact) mass is 325 g/mol. The van der Waals surface area contributed by atoms with Crippen molar-refractivity contribution in [2.24, 2.45) is 5.41 Å². The Balaban J connectivity index is 2.00. The maximum Gasteiger partial charge on any atom is 0.228 e. The molecule has 19 heavy (non-hydrogen) atoms. The number of nitrogens with one attached hydrogen (secondary N) is 1. The first kappa shape index (κ1) is 14.5. The number of halogens is 1. The van der Waals surface area contributed by atoms with E-state index in [-0.39, 0.29) is 17.9 Å². The Morgan fingerprint density at radius 3 is 2.68 bits per heavy atom. The average molecular weight is 326 g/mol. The third kappa shape index (κ3) is 3.18. The van der Waals surface area contributed by atoms with E-state index in [4.69, 9.17) is 0 Å². The van der Waals surface area contributed by atoms with Gasteiger partial charge in [0.05, 0.1) is 12.0 Å². The fraction of sp³-hybridized carbons (Fsp3) is 0.533. The van der Waals surface area contributed by atoms with Crippen molar-refractivity contribution >= 4 is 21.8 Å². The van der Waals surface area contributed by atoms with Gasteiger partial charge in [0.1, 0.15) is 0 Å². The summed E-state index contributed by atoms with van der Waals surface area (Å²) in [7, 11) is 0. The Hall–Kier alpha value is -0.870. The molecule has 0 atom stereocenters. The van der Waals surface area contributed by atoms with Crippen LogP contribution in [0.25, 0.3) is 0 Å². The van der Waals surface area contributed by atoms with E-state index >= 15 is 0 Å².